The van der Waals surface area contributed by atoms with Crippen molar-refractivity contribution in [1.29, 1.82) is 0 Å². The first-order valence-corrected chi connectivity index (χ1v) is 9.38. The summed E-state index contributed by atoms with van der Waals surface area (Å²) in [6, 6.07) is 13.3. The Hall–Kier alpha value is -1.60. The molecule has 2 aromatic rings. The topological polar surface area (TPSA) is 66.5 Å². The molecule has 24 heavy (non-hydrogen) atoms. The second-order valence-electron chi connectivity index (χ2n) is 5.46. The van der Waals surface area contributed by atoms with Gasteiger partial charge in [-0.25, -0.2) is 4.72 Å². The standard InChI is InChI=1S/C16H14Cl2N2O3S/c17-13-7-6-12(14(18)9-13)10-20-15(16(21)19-24(20,22)23)8-11-4-2-1-3-5-11/h1-7,9,15H,8,10H2,(H,19,21)/t15-/m0/s1. The minimum atomic E-state index is -3.89. The van der Waals surface area contributed by atoms with Gasteiger partial charge in [-0.1, -0.05) is 59.6 Å². The fourth-order valence-electron chi connectivity index (χ4n) is 2.60. The van der Waals surface area contributed by atoms with Gasteiger partial charge in [-0.05, 0) is 29.7 Å². The van der Waals surface area contributed by atoms with Crippen LogP contribution in [0.3, 0.4) is 0 Å². The van der Waals surface area contributed by atoms with Crippen LogP contribution in [0.4, 0.5) is 0 Å². The fourth-order valence-corrected chi connectivity index (χ4v) is 4.39. The van der Waals surface area contributed by atoms with Crippen molar-refractivity contribution >= 4 is 39.3 Å². The molecule has 0 bridgehead atoms. The van der Waals surface area contributed by atoms with E-state index in [0.29, 0.717) is 15.6 Å². The largest absolute Gasteiger partial charge is 0.304 e. The lowest BCUT2D eigenvalue weighted by atomic mass is 10.1. The SMILES string of the molecule is O=C1NS(=O)(=O)N(Cc2ccc(Cl)cc2Cl)[C@H]1Cc1ccccc1. The third-order valence-corrected chi connectivity index (χ3v) is 5.85. The molecule has 8 heteroatoms. The predicted molar refractivity (Wildman–Crippen MR) is 93.0 cm³/mol. The highest BCUT2D eigenvalue weighted by Crippen LogP contribution is 2.26. The van der Waals surface area contributed by atoms with E-state index in [0.717, 1.165) is 9.87 Å². The van der Waals surface area contributed by atoms with E-state index >= 15 is 0 Å². The molecule has 1 aliphatic heterocycles. The summed E-state index contributed by atoms with van der Waals surface area (Å²) in [4.78, 5) is 12.1. The summed E-state index contributed by atoms with van der Waals surface area (Å²) in [5.41, 5.74) is 1.46. The van der Waals surface area contributed by atoms with Gasteiger partial charge < -0.3 is 0 Å². The molecule has 1 fully saturated rings. The Balaban J connectivity index is 1.90. The van der Waals surface area contributed by atoms with Crippen LogP contribution < -0.4 is 4.72 Å². The van der Waals surface area contributed by atoms with Crippen LogP contribution in [0.5, 0.6) is 0 Å². The molecular weight excluding hydrogens is 371 g/mol. The normalized spacial score (nSPS) is 20.1. The van der Waals surface area contributed by atoms with E-state index in [1.54, 1.807) is 18.2 Å². The summed E-state index contributed by atoms with van der Waals surface area (Å²) in [6.07, 6.45) is 0.289. The van der Waals surface area contributed by atoms with E-state index < -0.39 is 22.2 Å². The molecule has 126 valence electrons. The number of nitrogens with one attached hydrogen (secondary N) is 1. The van der Waals surface area contributed by atoms with E-state index in [9.17, 15) is 13.2 Å². The maximum absolute atomic E-state index is 12.3. The highest BCUT2D eigenvalue weighted by molar-refractivity contribution is 7.88. The summed E-state index contributed by atoms with van der Waals surface area (Å²) in [6.45, 7) is -0.00538. The van der Waals surface area contributed by atoms with E-state index in [-0.39, 0.29) is 13.0 Å². The molecule has 5 nitrogen and oxygen atoms in total. The highest BCUT2D eigenvalue weighted by Gasteiger charge is 2.43. The molecule has 0 aromatic heterocycles. The second kappa shape index (κ2) is 6.72. The first-order chi connectivity index (χ1) is 11.4. The number of carbonyl (C=O) groups excluding carboxylic acids is 1. The lowest BCUT2D eigenvalue weighted by Crippen LogP contribution is -2.36. The monoisotopic (exact) mass is 384 g/mol. The molecule has 0 radical (unpaired) electrons. The molecule has 1 heterocycles. The Bertz CT molecular complexity index is 872. The number of rotatable bonds is 4. The average molecular weight is 385 g/mol. The van der Waals surface area contributed by atoms with Crippen molar-refractivity contribution in [3.63, 3.8) is 0 Å². The molecule has 1 aliphatic rings. The molecular formula is C16H14Cl2N2O3S. The lowest BCUT2D eigenvalue weighted by Gasteiger charge is -2.20. The first kappa shape index (κ1) is 17.2. The van der Waals surface area contributed by atoms with E-state index in [2.05, 4.69) is 4.72 Å². The van der Waals surface area contributed by atoms with Crippen molar-refractivity contribution in [3.8, 4) is 0 Å². The number of halogens is 2. The number of benzene rings is 2. The van der Waals surface area contributed by atoms with Crippen LogP contribution in [0.2, 0.25) is 10.0 Å². The highest BCUT2D eigenvalue weighted by atomic mass is 35.5. The first-order valence-electron chi connectivity index (χ1n) is 7.18. The molecule has 1 N–H and O–H groups in total. The van der Waals surface area contributed by atoms with Crippen LogP contribution in [0.25, 0.3) is 0 Å². The van der Waals surface area contributed by atoms with Crippen molar-refractivity contribution in [2.45, 2.75) is 19.0 Å². The van der Waals surface area contributed by atoms with Crippen LogP contribution >= 0.6 is 23.2 Å². The van der Waals surface area contributed by atoms with Gasteiger partial charge in [-0.2, -0.15) is 12.7 Å². The van der Waals surface area contributed by atoms with Crippen LogP contribution in [0.15, 0.2) is 48.5 Å². The molecule has 2 aromatic carbocycles. The van der Waals surface area contributed by atoms with Gasteiger partial charge in [0.2, 0.25) is 0 Å². The summed E-state index contributed by atoms with van der Waals surface area (Å²) in [5, 5.41) is 0.818. The summed E-state index contributed by atoms with van der Waals surface area (Å²) >= 11 is 12.0. The fraction of sp³-hybridized carbons (Fsp3) is 0.188. The van der Waals surface area contributed by atoms with Crippen LogP contribution in [-0.4, -0.2) is 24.7 Å². The number of hydrogen-bond acceptors (Lipinski definition) is 3. The summed E-state index contributed by atoms with van der Waals surface area (Å²) < 4.78 is 27.8. The van der Waals surface area contributed by atoms with Crippen LogP contribution in [-0.2, 0) is 28.0 Å². The van der Waals surface area contributed by atoms with Gasteiger partial charge >= 0.3 is 10.2 Å². The van der Waals surface area contributed by atoms with Crippen molar-refractivity contribution in [3.05, 3.63) is 69.7 Å². The third-order valence-electron chi connectivity index (χ3n) is 3.80. The number of amides is 1. The number of hydrogen-bond donors (Lipinski definition) is 1. The molecule has 1 amide bonds. The Morgan fingerprint density at radius 3 is 2.46 bits per heavy atom. The Labute approximate surface area is 150 Å². The second-order valence-corrected chi connectivity index (χ2v) is 7.92. The van der Waals surface area contributed by atoms with E-state index in [1.807, 2.05) is 30.3 Å². The molecule has 1 saturated heterocycles. The lowest BCUT2D eigenvalue weighted by molar-refractivity contribution is -0.121. The smallest absolute Gasteiger partial charge is 0.272 e. The number of carbonyl (C=O) groups is 1. The van der Waals surface area contributed by atoms with Crippen LogP contribution in [0.1, 0.15) is 11.1 Å². The zero-order valence-corrected chi connectivity index (χ0v) is 14.8. The maximum Gasteiger partial charge on any atom is 0.304 e. The van der Waals surface area contributed by atoms with Gasteiger partial charge in [-0.15, -0.1) is 0 Å². The summed E-state index contributed by atoms with van der Waals surface area (Å²) in [7, 11) is -3.89. The van der Waals surface area contributed by atoms with Crippen molar-refractivity contribution in [2.24, 2.45) is 0 Å². The molecule has 0 spiro atoms. The Morgan fingerprint density at radius 2 is 1.79 bits per heavy atom. The van der Waals surface area contributed by atoms with Gasteiger partial charge in [0, 0.05) is 16.6 Å². The quantitative estimate of drug-likeness (QED) is 0.880. The molecule has 0 saturated carbocycles. The average Bonchev–Trinajstić information content (AvgIpc) is 2.73. The van der Waals surface area contributed by atoms with Crippen LogP contribution in [0, 0.1) is 0 Å². The van der Waals surface area contributed by atoms with Crippen molar-refractivity contribution < 1.29 is 13.2 Å². The minimum absolute atomic E-state index is 0.00538. The van der Waals surface area contributed by atoms with Gasteiger partial charge in [0.1, 0.15) is 6.04 Å². The Kier molecular flexibility index (Phi) is 4.83. The van der Waals surface area contributed by atoms with E-state index in [4.69, 9.17) is 23.2 Å². The zero-order valence-electron chi connectivity index (χ0n) is 12.4. The Morgan fingerprint density at radius 1 is 1.08 bits per heavy atom. The maximum atomic E-state index is 12.3. The zero-order chi connectivity index (χ0) is 17.3. The van der Waals surface area contributed by atoms with Gasteiger partial charge in [0.05, 0.1) is 0 Å². The summed E-state index contributed by atoms with van der Waals surface area (Å²) in [5.74, 6) is -0.538. The van der Waals surface area contributed by atoms with Crippen molar-refractivity contribution in [1.82, 2.24) is 9.03 Å². The van der Waals surface area contributed by atoms with E-state index in [1.165, 1.54) is 0 Å². The van der Waals surface area contributed by atoms with Gasteiger partial charge in [-0.3, -0.25) is 4.79 Å². The molecule has 0 aliphatic carbocycles. The number of nitrogens with zero attached hydrogens (tertiary/aromatic N) is 1. The molecule has 1 atom stereocenters. The van der Waals surface area contributed by atoms with Gasteiger partial charge in [0.15, 0.2) is 0 Å². The van der Waals surface area contributed by atoms with Gasteiger partial charge in [0.25, 0.3) is 5.91 Å². The molecule has 3 rings (SSSR count). The molecule has 0 unspecified atom stereocenters. The predicted octanol–water partition coefficient (Wildman–Crippen LogP) is 2.78. The third kappa shape index (κ3) is 3.57. The minimum Gasteiger partial charge on any atom is -0.272 e. The van der Waals surface area contributed by atoms with Crippen molar-refractivity contribution in [2.75, 3.05) is 0 Å².